The molecule has 0 aliphatic rings. The molecule has 1 rings (SSSR count). The molecule has 1 unspecified atom stereocenters. The smallest absolute Gasteiger partial charge is 0.309 e. The van der Waals surface area contributed by atoms with Gasteiger partial charge in [0.2, 0.25) is 0 Å². The molecule has 0 aromatic heterocycles. The van der Waals surface area contributed by atoms with Crippen LogP contribution in [0.5, 0.6) is 5.75 Å². The number of Topliss-reactive ketones (excluding diaryl/α,β-unsaturated/α-hetero) is 1. The molecule has 1 atom stereocenters. The van der Waals surface area contributed by atoms with Gasteiger partial charge < -0.3 is 14.6 Å². The largest absolute Gasteiger partial charge is 0.490 e. The van der Waals surface area contributed by atoms with Crippen molar-refractivity contribution < 1.29 is 24.2 Å². The second kappa shape index (κ2) is 8.29. The minimum atomic E-state index is -1.40. The Kier molecular flexibility index (Phi) is 7.03. The van der Waals surface area contributed by atoms with Gasteiger partial charge in [0.25, 0.3) is 0 Å². The number of halogens is 1. The molecular weight excluding hydrogens is 352 g/mol. The quantitative estimate of drug-likeness (QED) is 0.328. The number of carbonyl (C=O) groups is 2. The molecule has 0 saturated heterocycles. The Bertz CT molecular complexity index is 504. The standard InChI is InChI=1S/C16H21BrO5/c1-11(10-17)15(19)22-9-8-21-13-6-4-12(5-7-13)14(18)16(2,3)20/h4-7,11,20H,8-10H2,1-3H3. The molecule has 5 nitrogen and oxygen atoms in total. The molecule has 0 spiro atoms. The zero-order valence-corrected chi connectivity index (χ0v) is 14.6. The van der Waals surface area contributed by atoms with Crippen LogP contribution in [0, 0.1) is 5.92 Å². The minimum absolute atomic E-state index is 0.167. The van der Waals surface area contributed by atoms with E-state index in [1.807, 2.05) is 0 Å². The number of ketones is 1. The fourth-order valence-corrected chi connectivity index (χ4v) is 1.83. The molecular formula is C16H21BrO5. The summed E-state index contributed by atoms with van der Waals surface area (Å²) in [6, 6.07) is 6.47. The number of esters is 1. The van der Waals surface area contributed by atoms with Crippen LogP contribution in [0.4, 0.5) is 0 Å². The van der Waals surface area contributed by atoms with E-state index in [1.54, 1.807) is 31.2 Å². The predicted octanol–water partition coefficient (Wildman–Crippen LogP) is 2.59. The molecule has 0 aliphatic carbocycles. The maximum absolute atomic E-state index is 11.9. The van der Waals surface area contributed by atoms with Gasteiger partial charge in [0.1, 0.15) is 24.6 Å². The van der Waals surface area contributed by atoms with Crippen molar-refractivity contribution in [1.82, 2.24) is 0 Å². The lowest BCUT2D eigenvalue weighted by Gasteiger charge is -2.15. The van der Waals surface area contributed by atoms with Crippen molar-refractivity contribution in [3.05, 3.63) is 29.8 Å². The molecule has 1 aromatic carbocycles. The minimum Gasteiger partial charge on any atom is -0.490 e. The van der Waals surface area contributed by atoms with E-state index in [-0.39, 0.29) is 30.9 Å². The van der Waals surface area contributed by atoms with E-state index in [0.717, 1.165) is 0 Å². The first kappa shape index (κ1) is 18.6. The molecule has 0 bridgehead atoms. The average Bonchev–Trinajstić information content (AvgIpc) is 2.49. The van der Waals surface area contributed by atoms with Gasteiger partial charge >= 0.3 is 5.97 Å². The number of alkyl halides is 1. The van der Waals surface area contributed by atoms with E-state index >= 15 is 0 Å². The predicted molar refractivity (Wildman–Crippen MR) is 86.5 cm³/mol. The summed E-state index contributed by atoms with van der Waals surface area (Å²) in [5.74, 6) is -0.243. The average molecular weight is 373 g/mol. The number of rotatable bonds is 8. The van der Waals surface area contributed by atoms with Gasteiger partial charge in [-0.15, -0.1) is 0 Å². The lowest BCUT2D eigenvalue weighted by atomic mass is 9.97. The Balaban J connectivity index is 2.43. The van der Waals surface area contributed by atoms with E-state index < -0.39 is 5.60 Å². The van der Waals surface area contributed by atoms with Crippen LogP contribution < -0.4 is 4.74 Å². The molecule has 122 valence electrons. The molecule has 0 fully saturated rings. The van der Waals surface area contributed by atoms with Crippen molar-refractivity contribution in [1.29, 1.82) is 0 Å². The highest BCUT2D eigenvalue weighted by atomic mass is 79.9. The van der Waals surface area contributed by atoms with Crippen molar-refractivity contribution in [3.8, 4) is 5.75 Å². The van der Waals surface area contributed by atoms with Crippen LogP contribution in [-0.2, 0) is 9.53 Å². The summed E-state index contributed by atoms with van der Waals surface area (Å²) in [6.07, 6.45) is 0. The van der Waals surface area contributed by atoms with Crippen molar-refractivity contribution in [2.45, 2.75) is 26.4 Å². The molecule has 0 radical (unpaired) electrons. The van der Waals surface area contributed by atoms with Gasteiger partial charge in [-0.05, 0) is 38.1 Å². The van der Waals surface area contributed by atoms with Crippen LogP contribution in [0.2, 0.25) is 0 Å². The van der Waals surface area contributed by atoms with Gasteiger partial charge in [-0.2, -0.15) is 0 Å². The van der Waals surface area contributed by atoms with Crippen molar-refractivity contribution in [2.24, 2.45) is 5.92 Å². The van der Waals surface area contributed by atoms with Crippen LogP contribution in [0.25, 0.3) is 0 Å². The Morgan fingerprint density at radius 1 is 1.23 bits per heavy atom. The highest BCUT2D eigenvalue weighted by Crippen LogP contribution is 2.17. The highest BCUT2D eigenvalue weighted by molar-refractivity contribution is 9.09. The van der Waals surface area contributed by atoms with Crippen LogP contribution in [0.1, 0.15) is 31.1 Å². The summed E-state index contributed by atoms with van der Waals surface area (Å²) in [7, 11) is 0. The Morgan fingerprint density at radius 3 is 2.32 bits per heavy atom. The van der Waals surface area contributed by atoms with Gasteiger partial charge in [-0.3, -0.25) is 9.59 Å². The molecule has 22 heavy (non-hydrogen) atoms. The summed E-state index contributed by atoms with van der Waals surface area (Å²) in [6.45, 7) is 5.07. The normalized spacial score (nSPS) is 12.6. The van der Waals surface area contributed by atoms with E-state index in [0.29, 0.717) is 16.6 Å². The van der Waals surface area contributed by atoms with Crippen LogP contribution >= 0.6 is 15.9 Å². The van der Waals surface area contributed by atoms with Gasteiger partial charge in [-0.25, -0.2) is 0 Å². The maximum atomic E-state index is 11.9. The number of hydrogen-bond acceptors (Lipinski definition) is 5. The summed E-state index contributed by atoms with van der Waals surface area (Å²) >= 11 is 3.22. The third kappa shape index (κ3) is 5.77. The fraction of sp³-hybridized carbons (Fsp3) is 0.500. The summed E-state index contributed by atoms with van der Waals surface area (Å²) in [4.78, 5) is 23.3. The van der Waals surface area contributed by atoms with Gasteiger partial charge in [-0.1, -0.05) is 22.9 Å². The number of carbonyl (C=O) groups excluding carboxylic acids is 2. The fourth-order valence-electron chi connectivity index (χ4n) is 1.56. The summed E-state index contributed by atoms with van der Waals surface area (Å²) in [5, 5.41) is 10.2. The van der Waals surface area contributed by atoms with Crippen molar-refractivity contribution in [2.75, 3.05) is 18.5 Å². The van der Waals surface area contributed by atoms with Gasteiger partial charge in [0, 0.05) is 10.9 Å². The first-order valence-corrected chi connectivity index (χ1v) is 8.10. The zero-order chi connectivity index (χ0) is 16.8. The summed E-state index contributed by atoms with van der Waals surface area (Å²) < 4.78 is 10.5. The molecule has 0 amide bonds. The maximum Gasteiger partial charge on any atom is 0.309 e. The second-order valence-electron chi connectivity index (χ2n) is 5.48. The van der Waals surface area contributed by atoms with Crippen molar-refractivity contribution in [3.63, 3.8) is 0 Å². The SMILES string of the molecule is CC(CBr)C(=O)OCCOc1ccc(C(=O)C(C)(C)O)cc1. The number of benzene rings is 1. The number of ether oxygens (including phenoxy) is 2. The second-order valence-corrected chi connectivity index (χ2v) is 6.13. The third-order valence-corrected chi connectivity index (χ3v) is 3.87. The van der Waals surface area contributed by atoms with Gasteiger partial charge in [0.15, 0.2) is 5.78 Å². The van der Waals surface area contributed by atoms with E-state index in [2.05, 4.69) is 15.9 Å². The Morgan fingerprint density at radius 2 is 1.82 bits per heavy atom. The van der Waals surface area contributed by atoms with Crippen LogP contribution in [0.15, 0.2) is 24.3 Å². The van der Waals surface area contributed by atoms with E-state index in [1.165, 1.54) is 13.8 Å². The Labute approximate surface area is 138 Å². The van der Waals surface area contributed by atoms with Crippen LogP contribution in [-0.4, -0.2) is 41.0 Å². The first-order valence-electron chi connectivity index (χ1n) is 6.98. The van der Waals surface area contributed by atoms with Crippen LogP contribution in [0.3, 0.4) is 0 Å². The third-order valence-electron chi connectivity index (χ3n) is 2.90. The van der Waals surface area contributed by atoms with E-state index in [4.69, 9.17) is 9.47 Å². The van der Waals surface area contributed by atoms with Gasteiger partial charge in [0.05, 0.1) is 5.92 Å². The molecule has 0 aliphatic heterocycles. The number of hydrogen-bond donors (Lipinski definition) is 1. The monoisotopic (exact) mass is 372 g/mol. The van der Waals surface area contributed by atoms with Crippen molar-refractivity contribution >= 4 is 27.7 Å². The molecule has 0 heterocycles. The van der Waals surface area contributed by atoms with E-state index in [9.17, 15) is 14.7 Å². The summed E-state index contributed by atoms with van der Waals surface area (Å²) in [5.41, 5.74) is -0.986. The number of aliphatic hydroxyl groups is 1. The molecule has 0 saturated carbocycles. The Hall–Kier alpha value is -1.40. The lowest BCUT2D eigenvalue weighted by molar-refractivity contribution is -0.147. The lowest BCUT2D eigenvalue weighted by Crippen LogP contribution is -2.30. The molecule has 1 aromatic rings. The highest BCUT2D eigenvalue weighted by Gasteiger charge is 2.24. The molecule has 6 heteroatoms. The molecule has 1 N–H and O–H groups in total. The zero-order valence-electron chi connectivity index (χ0n) is 13.0. The first-order chi connectivity index (χ1) is 10.3. The topological polar surface area (TPSA) is 72.8 Å².